The summed E-state index contributed by atoms with van der Waals surface area (Å²) in [6, 6.07) is 8.27. The monoisotopic (exact) mass is 326 g/mol. The van der Waals surface area contributed by atoms with Crippen LogP contribution < -0.4 is 10.9 Å². The summed E-state index contributed by atoms with van der Waals surface area (Å²) < 4.78 is 8.99. The predicted octanol–water partition coefficient (Wildman–Crippen LogP) is 1.51. The normalized spacial score (nSPS) is 10.7. The molecule has 0 aliphatic rings. The first-order valence-electron chi connectivity index (χ1n) is 7.70. The quantitative estimate of drug-likeness (QED) is 0.667. The van der Waals surface area contributed by atoms with Crippen molar-refractivity contribution in [2.24, 2.45) is 0 Å². The summed E-state index contributed by atoms with van der Waals surface area (Å²) in [6.07, 6.45) is 7.83. The van der Waals surface area contributed by atoms with Crippen molar-refractivity contribution in [1.29, 1.82) is 0 Å². The minimum absolute atomic E-state index is 0.112. The highest BCUT2D eigenvalue weighted by molar-refractivity contribution is 5.91. The molecule has 3 heterocycles. The van der Waals surface area contributed by atoms with E-state index < -0.39 is 0 Å². The third kappa shape index (κ3) is 4.01. The first-order chi connectivity index (χ1) is 11.7. The van der Waals surface area contributed by atoms with Gasteiger partial charge in [0.15, 0.2) is 5.76 Å². The maximum Gasteiger partial charge on any atom is 0.286 e. The smallest absolute Gasteiger partial charge is 0.286 e. The van der Waals surface area contributed by atoms with E-state index in [4.69, 9.17) is 4.42 Å². The molecule has 7 nitrogen and oxygen atoms in total. The molecule has 124 valence electrons. The molecule has 0 spiro atoms. The minimum Gasteiger partial charge on any atom is -0.454 e. The lowest BCUT2D eigenvalue weighted by molar-refractivity contribution is 0.0923. The van der Waals surface area contributed by atoms with Crippen molar-refractivity contribution in [3.8, 4) is 0 Å². The van der Waals surface area contributed by atoms with Gasteiger partial charge in [0, 0.05) is 37.7 Å². The molecule has 1 N–H and O–H groups in total. The summed E-state index contributed by atoms with van der Waals surface area (Å²) >= 11 is 0. The summed E-state index contributed by atoms with van der Waals surface area (Å²) in [5, 5.41) is 2.82. The number of amides is 1. The second-order valence-electron chi connectivity index (χ2n) is 5.34. The van der Waals surface area contributed by atoms with Crippen LogP contribution in [0.25, 0.3) is 0 Å². The molecule has 0 aliphatic carbocycles. The lowest BCUT2D eigenvalue weighted by Gasteiger charge is -2.04. The predicted molar refractivity (Wildman–Crippen MR) is 87.7 cm³/mol. The highest BCUT2D eigenvalue weighted by Crippen LogP contribution is 2.09. The van der Waals surface area contributed by atoms with Crippen LogP contribution in [0.4, 0.5) is 0 Å². The van der Waals surface area contributed by atoms with Crippen LogP contribution in [0.2, 0.25) is 0 Å². The standard InChI is InChI=1S/C17H18N4O3/c22-16-4-1-2-10-21(16)12-14-5-6-15(24-14)17(23)19-7-3-9-20-11-8-18-13-20/h1-2,4-6,8,10-11,13H,3,7,9,12H2,(H,19,23). The Labute approximate surface area is 138 Å². The lowest BCUT2D eigenvalue weighted by atomic mass is 10.3. The fourth-order valence-corrected chi connectivity index (χ4v) is 2.31. The van der Waals surface area contributed by atoms with Gasteiger partial charge in [-0.25, -0.2) is 4.98 Å². The second kappa shape index (κ2) is 7.45. The van der Waals surface area contributed by atoms with E-state index in [0.29, 0.717) is 18.8 Å². The van der Waals surface area contributed by atoms with Crippen molar-refractivity contribution < 1.29 is 9.21 Å². The van der Waals surface area contributed by atoms with Gasteiger partial charge in [0.05, 0.1) is 12.9 Å². The molecule has 0 saturated carbocycles. The number of rotatable bonds is 7. The van der Waals surface area contributed by atoms with Crippen molar-refractivity contribution in [2.45, 2.75) is 19.5 Å². The Bertz CT molecular complexity index is 849. The molecule has 0 unspecified atom stereocenters. The topological polar surface area (TPSA) is 82.1 Å². The summed E-state index contributed by atoms with van der Waals surface area (Å²) in [7, 11) is 0. The zero-order valence-electron chi connectivity index (χ0n) is 13.1. The summed E-state index contributed by atoms with van der Waals surface area (Å²) in [5.74, 6) is 0.552. The number of nitrogens with one attached hydrogen (secondary N) is 1. The first kappa shape index (κ1) is 15.8. The molecule has 0 radical (unpaired) electrons. The number of carbonyl (C=O) groups is 1. The van der Waals surface area contributed by atoms with E-state index in [1.807, 2.05) is 10.8 Å². The van der Waals surface area contributed by atoms with Gasteiger partial charge in [-0.05, 0) is 24.6 Å². The second-order valence-corrected chi connectivity index (χ2v) is 5.34. The molecule has 3 aromatic rings. The molecule has 0 atom stereocenters. The molecule has 0 aromatic carbocycles. The van der Waals surface area contributed by atoms with E-state index in [1.165, 1.54) is 10.6 Å². The van der Waals surface area contributed by atoms with Crippen LogP contribution in [-0.2, 0) is 13.1 Å². The number of nitrogens with zero attached hydrogens (tertiary/aromatic N) is 3. The van der Waals surface area contributed by atoms with Crippen LogP contribution in [0.3, 0.4) is 0 Å². The van der Waals surface area contributed by atoms with Crippen LogP contribution in [0.1, 0.15) is 22.7 Å². The van der Waals surface area contributed by atoms with Gasteiger partial charge in [0.1, 0.15) is 5.76 Å². The van der Waals surface area contributed by atoms with E-state index in [-0.39, 0.29) is 17.2 Å². The summed E-state index contributed by atoms with van der Waals surface area (Å²) in [6.45, 7) is 1.64. The molecule has 0 saturated heterocycles. The number of hydrogen-bond acceptors (Lipinski definition) is 4. The molecule has 0 fully saturated rings. The Kier molecular flexibility index (Phi) is 4.90. The average Bonchev–Trinajstić information content (AvgIpc) is 3.25. The molecule has 1 amide bonds. The van der Waals surface area contributed by atoms with Gasteiger partial charge in [0.2, 0.25) is 0 Å². The van der Waals surface area contributed by atoms with Crippen LogP contribution in [0, 0.1) is 0 Å². The summed E-state index contributed by atoms with van der Waals surface area (Å²) in [5.41, 5.74) is -0.112. The Balaban J connectivity index is 1.50. The van der Waals surface area contributed by atoms with Crippen molar-refractivity contribution >= 4 is 5.91 Å². The minimum atomic E-state index is -0.257. The van der Waals surface area contributed by atoms with E-state index in [2.05, 4.69) is 10.3 Å². The van der Waals surface area contributed by atoms with E-state index in [9.17, 15) is 9.59 Å². The Morgan fingerprint density at radius 1 is 1.21 bits per heavy atom. The molecule has 7 heteroatoms. The van der Waals surface area contributed by atoms with Crippen molar-refractivity contribution in [3.63, 3.8) is 0 Å². The van der Waals surface area contributed by atoms with Gasteiger partial charge in [-0.2, -0.15) is 0 Å². The van der Waals surface area contributed by atoms with Gasteiger partial charge >= 0.3 is 0 Å². The highest BCUT2D eigenvalue weighted by atomic mass is 16.4. The fraction of sp³-hybridized carbons (Fsp3) is 0.235. The Morgan fingerprint density at radius 2 is 2.12 bits per heavy atom. The van der Waals surface area contributed by atoms with Crippen LogP contribution in [0.5, 0.6) is 0 Å². The number of hydrogen-bond donors (Lipinski definition) is 1. The van der Waals surface area contributed by atoms with Crippen molar-refractivity contribution in [2.75, 3.05) is 6.54 Å². The maximum atomic E-state index is 12.0. The Hall–Kier alpha value is -3.09. The number of pyridine rings is 1. The molecule has 0 aliphatic heterocycles. The molecular weight excluding hydrogens is 308 g/mol. The lowest BCUT2D eigenvalue weighted by Crippen LogP contribution is -2.24. The number of aryl methyl sites for hydroxylation is 1. The Morgan fingerprint density at radius 3 is 2.92 bits per heavy atom. The molecule has 24 heavy (non-hydrogen) atoms. The van der Waals surface area contributed by atoms with Gasteiger partial charge in [-0.15, -0.1) is 0 Å². The number of aromatic nitrogens is 3. The van der Waals surface area contributed by atoms with Crippen LogP contribution >= 0.6 is 0 Å². The number of imidazole rings is 1. The average molecular weight is 326 g/mol. The van der Waals surface area contributed by atoms with Gasteiger partial charge in [0.25, 0.3) is 11.5 Å². The van der Waals surface area contributed by atoms with Crippen molar-refractivity contribution in [1.82, 2.24) is 19.4 Å². The van der Waals surface area contributed by atoms with Gasteiger partial charge in [-0.3, -0.25) is 9.59 Å². The SMILES string of the molecule is O=C(NCCCn1ccnc1)c1ccc(Cn2ccccc2=O)o1. The zero-order valence-corrected chi connectivity index (χ0v) is 13.1. The molecule has 0 bridgehead atoms. The van der Waals surface area contributed by atoms with E-state index >= 15 is 0 Å². The van der Waals surface area contributed by atoms with Gasteiger partial charge in [-0.1, -0.05) is 6.07 Å². The largest absolute Gasteiger partial charge is 0.454 e. The zero-order chi connectivity index (χ0) is 16.8. The third-order valence-electron chi connectivity index (χ3n) is 3.55. The van der Waals surface area contributed by atoms with Gasteiger partial charge < -0.3 is 18.9 Å². The maximum absolute atomic E-state index is 12.0. The van der Waals surface area contributed by atoms with Crippen molar-refractivity contribution in [3.05, 3.63) is 77.1 Å². The van der Waals surface area contributed by atoms with Crippen LogP contribution in [0.15, 0.2) is 64.5 Å². The fourth-order valence-electron chi connectivity index (χ4n) is 2.31. The highest BCUT2D eigenvalue weighted by Gasteiger charge is 2.11. The molecular formula is C17H18N4O3. The first-order valence-corrected chi connectivity index (χ1v) is 7.70. The van der Waals surface area contributed by atoms with Crippen LogP contribution in [-0.4, -0.2) is 26.6 Å². The molecule has 3 rings (SSSR count). The third-order valence-corrected chi connectivity index (χ3v) is 3.55. The van der Waals surface area contributed by atoms with E-state index in [1.54, 1.807) is 43.0 Å². The summed E-state index contributed by atoms with van der Waals surface area (Å²) in [4.78, 5) is 27.7. The number of carbonyl (C=O) groups excluding carboxylic acids is 1. The number of furan rings is 1. The molecule has 3 aromatic heterocycles. The van der Waals surface area contributed by atoms with E-state index in [0.717, 1.165) is 13.0 Å².